The molecule has 1 aliphatic rings. The van der Waals surface area contributed by atoms with E-state index >= 15 is 0 Å². The first-order valence-corrected chi connectivity index (χ1v) is 7.65. The number of anilines is 2. The summed E-state index contributed by atoms with van der Waals surface area (Å²) < 4.78 is 28.9. The maximum Gasteiger partial charge on any atom is 0.224 e. The third-order valence-corrected chi connectivity index (χ3v) is 4.14. The van der Waals surface area contributed by atoms with Gasteiger partial charge in [0.2, 0.25) is 5.28 Å². The predicted molar refractivity (Wildman–Crippen MR) is 83.5 cm³/mol. The van der Waals surface area contributed by atoms with Crippen LogP contribution in [0.1, 0.15) is 25.2 Å². The topological polar surface area (TPSA) is 59.7 Å². The molecule has 0 N–H and O–H groups in total. The fourth-order valence-electron chi connectivity index (χ4n) is 2.91. The monoisotopic (exact) mass is 348 g/mol. The van der Waals surface area contributed by atoms with Gasteiger partial charge < -0.3 is 4.90 Å². The van der Waals surface area contributed by atoms with E-state index in [1.807, 2.05) is 6.92 Å². The normalized spacial score (nSPS) is 16.0. The van der Waals surface area contributed by atoms with Crippen molar-refractivity contribution in [2.75, 3.05) is 4.90 Å². The molecule has 1 unspecified atom stereocenters. The van der Waals surface area contributed by atoms with E-state index in [0.29, 0.717) is 29.4 Å². The minimum absolute atomic E-state index is 0.0627. The molecule has 1 aromatic carbocycles. The van der Waals surface area contributed by atoms with Gasteiger partial charge in [0.05, 0.1) is 12.2 Å². The van der Waals surface area contributed by atoms with Crippen LogP contribution in [0.2, 0.25) is 5.28 Å². The van der Waals surface area contributed by atoms with Crippen molar-refractivity contribution in [2.24, 2.45) is 0 Å². The molecule has 1 aliphatic heterocycles. The van der Waals surface area contributed by atoms with Crippen LogP contribution in [0.25, 0.3) is 5.69 Å². The standard InChI is InChI=1S/C15H11ClF2N6/c1-2-11-14-22-20-7-23(14)12-6-19-15(16)21-13(12)24(11)8-3-4-9(17)10(18)5-8/h3-7,11H,2H2,1H3. The summed E-state index contributed by atoms with van der Waals surface area (Å²) in [6, 6.07) is 3.45. The number of nitrogens with zero attached hydrogens (tertiary/aromatic N) is 6. The van der Waals surface area contributed by atoms with Crippen LogP contribution in [0.5, 0.6) is 0 Å². The van der Waals surface area contributed by atoms with Gasteiger partial charge in [-0.05, 0) is 30.2 Å². The molecule has 1 atom stereocenters. The molecule has 6 nitrogen and oxygen atoms in total. The van der Waals surface area contributed by atoms with Crippen molar-refractivity contribution >= 4 is 23.1 Å². The lowest BCUT2D eigenvalue weighted by molar-refractivity contribution is 0.507. The first kappa shape index (κ1) is 14.9. The molecule has 3 heterocycles. The largest absolute Gasteiger partial charge is 0.314 e. The van der Waals surface area contributed by atoms with Gasteiger partial charge in [0.25, 0.3) is 0 Å². The summed E-state index contributed by atoms with van der Waals surface area (Å²) in [6.07, 6.45) is 3.77. The minimum atomic E-state index is -0.934. The maximum absolute atomic E-state index is 13.8. The number of rotatable bonds is 2. The number of halogens is 3. The minimum Gasteiger partial charge on any atom is -0.314 e. The zero-order valence-corrected chi connectivity index (χ0v) is 13.2. The summed E-state index contributed by atoms with van der Waals surface area (Å²) >= 11 is 5.95. The van der Waals surface area contributed by atoms with Crippen LogP contribution < -0.4 is 4.90 Å². The predicted octanol–water partition coefficient (Wildman–Crippen LogP) is 3.59. The molecule has 0 spiro atoms. The molecule has 2 aromatic heterocycles. The smallest absolute Gasteiger partial charge is 0.224 e. The highest BCUT2D eigenvalue weighted by Gasteiger charge is 2.34. The summed E-state index contributed by atoms with van der Waals surface area (Å²) in [5.74, 6) is -0.690. The molecule has 0 bridgehead atoms. The second-order valence-electron chi connectivity index (χ2n) is 5.30. The molecular formula is C15H11ClF2N6. The molecule has 9 heteroatoms. The van der Waals surface area contributed by atoms with Gasteiger partial charge in [-0.1, -0.05) is 6.92 Å². The maximum atomic E-state index is 13.8. The molecule has 24 heavy (non-hydrogen) atoms. The summed E-state index contributed by atoms with van der Waals surface area (Å²) in [7, 11) is 0. The summed E-state index contributed by atoms with van der Waals surface area (Å²) in [4.78, 5) is 10.1. The average molecular weight is 349 g/mol. The second-order valence-corrected chi connectivity index (χ2v) is 5.64. The lowest BCUT2D eigenvalue weighted by atomic mass is 10.1. The van der Waals surface area contributed by atoms with Crippen molar-refractivity contribution in [1.82, 2.24) is 24.7 Å². The van der Waals surface area contributed by atoms with E-state index in [-0.39, 0.29) is 11.3 Å². The van der Waals surface area contributed by atoms with Gasteiger partial charge in [0.15, 0.2) is 23.3 Å². The second kappa shape index (κ2) is 5.48. The fourth-order valence-corrected chi connectivity index (χ4v) is 3.04. The first-order chi connectivity index (χ1) is 11.6. The Hall–Kier alpha value is -2.61. The van der Waals surface area contributed by atoms with Crippen molar-refractivity contribution in [1.29, 1.82) is 0 Å². The van der Waals surface area contributed by atoms with Crippen LogP contribution >= 0.6 is 11.6 Å². The van der Waals surface area contributed by atoms with Gasteiger partial charge in [-0.2, -0.15) is 4.98 Å². The van der Waals surface area contributed by atoms with Gasteiger partial charge in [-0.15, -0.1) is 10.2 Å². The molecule has 3 aromatic rings. The lowest BCUT2D eigenvalue weighted by Crippen LogP contribution is -2.32. The lowest BCUT2D eigenvalue weighted by Gasteiger charge is -2.36. The third kappa shape index (κ3) is 2.14. The Kier molecular flexibility index (Phi) is 3.42. The van der Waals surface area contributed by atoms with E-state index in [4.69, 9.17) is 11.6 Å². The van der Waals surface area contributed by atoms with E-state index in [1.165, 1.54) is 6.07 Å². The zero-order chi connectivity index (χ0) is 16.8. The van der Waals surface area contributed by atoms with Crippen molar-refractivity contribution < 1.29 is 8.78 Å². The molecule has 0 aliphatic carbocycles. The SMILES string of the molecule is CCC1c2nncn2-c2cnc(Cl)nc2N1c1ccc(F)c(F)c1. The molecular weight excluding hydrogens is 338 g/mol. The molecule has 122 valence electrons. The number of hydrogen-bond donors (Lipinski definition) is 0. The van der Waals surface area contributed by atoms with Crippen LogP contribution in [0.4, 0.5) is 20.3 Å². The van der Waals surface area contributed by atoms with Crippen molar-refractivity contribution in [3.05, 3.63) is 53.5 Å². The highest BCUT2D eigenvalue weighted by atomic mass is 35.5. The summed E-state index contributed by atoms with van der Waals surface area (Å²) in [6.45, 7) is 1.96. The third-order valence-electron chi connectivity index (χ3n) is 3.96. The number of fused-ring (bicyclic) bond motifs is 3. The van der Waals surface area contributed by atoms with E-state index < -0.39 is 11.6 Å². The van der Waals surface area contributed by atoms with Crippen LogP contribution in [-0.4, -0.2) is 24.7 Å². The van der Waals surface area contributed by atoms with Gasteiger partial charge in [-0.25, -0.2) is 13.8 Å². The molecule has 0 fully saturated rings. The Morgan fingerprint density at radius 1 is 1.25 bits per heavy atom. The Morgan fingerprint density at radius 2 is 2.08 bits per heavy atom. The molecule has 4 rings (SSSR count). The Morgan fingerprint density at radius 3 is 2.83 bits per heavy atom. The van der Waals surface area contributed by atoms with Crippen LogP contribution in [0.3, 0.4) is 0 Å². The zero-order valence-electron chi connectivity index (χ0n) is 12.5. The van der Waals surface area contributed by atoms with Crippen molar-refractivity contribution in [3.63, 3.8) is 0 Å². The van der Waals surface area contributed by atoms with E-state index in [9.17, 15) is 8.78 Å². The van der Waals surface area contributed by atoms with Gasteiger partial charge >= 0.3 is 0 Å². The quantitative estimate of drug-likeness (QED) is 0.662. The molecule has 0 radical (unpaired) electrons. The highest BCUT2D eigenvalue weighted by Crippen LogP contribution is 2.43. The summed E-state index contributed by atoms with van der Waals surface area (Å²) in [5.41, 5.74) is 1.07. The van der Waals surface area contributed by atoms with Crippen molar-refractivity contribution in [2.45, 2.75) is 19.4 Å². The highest BCUT2D eigenvalue weighted by molar-refractivity contribution is 6.28. The van der Waals surface area contributed by atoms with E-state index in [0.717, 1.165) is 12.1 Å². The van der Waals surface area contributed by atoms with E-state index in [2.05, 4.69) is 20.2 Å². The average Bonchev–Trinajstić information content (AvgIpc) is 3.05. The molecule has 0 amide bonds. The number of aromatic nitrogens is 5. The molecule has 0 saturated heterocycles. The Bertz CT molecular complexity index is 928. The first-order valence-electron chi connectivity index (χ1n) is 7.27. The Labute approximate surface area is 140 Å². The van der Waals surface area contributed by atoms with Gasteiger partial charge in [0, 0.05) is 11.8 Å². The van der Waals surface area contributed by atoms with E-state index in [1.54, 1.807) is 22.0 Å². The Balaban J connectivity index is 1.98. The van der Waals surface area contributed by atoms with Crippen molar-refractivity contribution in [3.8, 4) is 5.69 Å². The van der Waals surface area contributed by atoms with Crippen LogP contribution in [0, 0.1) is 11.6 Å². The fraction of sp³-hybridized carbons (Fsp3) is 0.200. The van der Waals surface area contributed by atoms with Crippen LogP contribution in [-0.2, 0) is 0 Å². The van der Waals surface area contributed by atoms with Gasteiger partial charge in [0.1, 0.15) is 12.0 Å². The summed E-state index contributed by atoms with van der Waals surface area (Å²) in [5, 5.41) is 8.17. The number of hydrogen-bond acceptors (Lipinski definition) is 5. The van der Waals surface area contributed by atoms with Crippen LogP contribution in [0.15, 0.2) is 30.7 Å². The van der Waals surface area contributed by atoms with Gasteiger partial charge in [-0.3, -0.25) is 4.57 Å². The molecule has 0 saturated carbocycles. The number of benzene rings is 1.